The van der Waals surface area contributed by atoms with E-state index in [1.807, 2.05) is 35.0 Å². The van der Waals surface area contributed by atoms with E-state index in [4.69, 9.17) is 4.74 Å². The van der Waals surface area contributed by atoms with E-state index in [0.717, 1.165) is 10.0 Å². The Morgan fingerprint density at radius 2 is 1.81 bits per heavy atom. The second-order valence-electron chi connectivity index (χ2n) is 7.43. The summed E-state index contributed by atoms with van der Waals surface area (Å²) < 4.78 is 7.97. The average molecular weight is 496 g/mol. The lowest BCUT2D eigenvalue weighted by Gasteiger charge is -2.25. The molecule has 1 aliphatic rings. The number of ketones is 1. The molecule has 2 heterocycles. The van der Waals surface area contributed by atoms with Crippen molar-refractivity contribution >= 4 is 33.4 Å². The molecule has 0 bridgehead atoms. The molecule has 1 saturated heterocycles. The van der Waals surface area contributed by atoms with Crippen LogP contribution in [0.15, 0.2) is 77.3 Å². The lowest BCUT2D eigenvalue weighted by Crippen LogP contribution is -2.31. The Balaban J connectivity index is 1.71. The van der Waals surface area contributed by atoms with Gasteiger partial charge in [0.2, 0.25) is 0 Å². The van der Waals surface area contributed by atoms with Gasteiger partial charge in [-0.05, 0) is 48.4 Å². The predicted octanol–water partition coefficient (Wildman–Crippen LogP) is 4.17. The third-order valence-corrected chi connectivity index (χ3v) is 5.99. The van der Waals surface area contributed by atoms with Gasteiger partial charge in [-0.15, -0.1) is 0 Å². The highest BCUT2D eigenvalue weighted by molar-refractivity contribution is 9.10. The summed E-state index contributed by atoms with van der Waals surface area (Å²) in [6.07, 6.45) is 5.90. The normalized spacial score (nSPS) is 17.7. The van der Waals surface area contributed by atoms with Gasteiger partial charge in [0.15, 0.2) is 0 Å². The van der Waals surface area contributed by atoms with Crippen molar-refractivity contribution in [2.45, 2.75) is 19.0 Å². The Kier molecular flexibility index (Phi) is 6.41. The number of benzene rings is 2. The summed E-state index contributed by atoms with van der Waals surface area (Å²) in [6, 6.07) is 13.5. The molecule has 4 rings (SSSR count). The molecule has 0 spiro atoms. The Hall–Kier alpha value is -3.39. The van der Waals surface area contributed by atoms with E-state index in [2.05, 4.69) is 20.9 Å². The smallest absolute Gasteiger partial charge is 0.295 e. The van der Waals surface area contributed by atoms with Crippen LogP contribution in [-0.4, -0.2) is 44.9 Å². The van der Waals surface area contributed by atoms with Crippen molar-refractivity contribution in [3.63, 3.8) is 0 Å². The molecule has 2 aromatic carbocycles. The van der Waals surface area contributed by atoms with Gasteiger partial charge < -0.3 is 19.3 Å². The molecule has 7 nitrogen and oxygen atoms in total. The van der Waals surface area contributed by atoms with Crippen LogP contribution in [0.1, 0.15) is 23.6 Å². The molecule has 0 aliphatic carbocycles. The summed E-state index contributed by atoms with van der Waals surface area (Å²) >= 11 is 3.42. The minimum absolute atomic E-state index is 0.0881. The Morgan fingerprint density at radius 3 is 2.44 bits per heavy atom. The number of Topliss-reactive ketones (excluding diaryl/α,β-unsaturated/α-hetero) is 1. The average Bonchev–Trinajstić information content (AvgIpc) is 3.41. The van der Waals surface area contributed by atoms with Crippen molar-refractivity contribution in [1.82, 2.24) is 14.5 Å². The van der Waals surface area contributed by atoms with Crippen molar-refractivity contribution < 1.29 is 19.4 Å². The highest BCUT2D eigenvalue weighted by Crippen LogP contribution is 2.40. The van der Waals surface area contributed by atoms with Gasteiger partial charge in [0, 0.05) is 35.5 Å². The maximum Gasteiger partial charge on any atom is 0.295 e. The first-order valence-corrected chi connectivity index (χ1v) is 10.9. The largest absolute Gasteiger partial charge is 0.507 e. The molecule has 1 amide bonds. The summed E-state index contributed by atoms with van der Waals surface area (Å²) in [5.41, 5.74) is 1.29. The number of hydrogen-bond donors (Lipinski definition) is 1. The maximum absolute atomic E-state index is 13.0. The van der Waals surface area contributed by atoms with Crippen LogP contribution in [0.3, 0.4) is 0 Å². The van der Waals surface area contributed by atoms with Crippen LogP contribution in [0.5, 0.6) is 5.75 Å². The highest BCUT2D eigenvalue weighted by atomic mass is 79.9. The van der Waals surface area contributed by atoms with Crippen LogP contribution in [0, 0.1) is 0 Å². The zero-order valence-electron chi connectivity index (χ0n) is 17.4. The lowest BCUT2D eigenvalue weighted by molar-refractivity contribution is -0.139. The zero-order chi connectivity index (χ0) is 22.7. The molecule has 0 radical (unpaired) electrons. The molecule has 8 heteroatoms. The van der Waals surface area contributed by atoms with Crippen molar-refractivity contribution in [3.05, 3.63) is 88.4 Å². The molecule has 1 N–H and O–H groups in total. The fourth-order valence-electron chi connectivity index (χ4n) is 3.85. The van der Waals surface area contributed by atoms with Crippen molar-refractivity contribution in [2.24, 2.45) is 0 Å². The van der Waals surface area contributed by atoms with Crippen LogP contribution in [0.4, 0.5) is 0 Å². The number of aromatic nitrogens is 2. The van der Waals surface area contributed by atoms with Crippen molar-refractivity contribution in [2.75, 3.05) is 13.7 Å². The number of nitrogens with zero attached hydrogens (tertiary/aromatic N) is 3. The minimum atomic E-state index is -0.686. The van der Waals surface area contributed by atoms with E-state index in [1.165, 1.54) is 4.90 Å². The molecule has 1 aromatic heterocycles. The molecule has 0 saturated carbocycles. The fraction of sp³-hybridized carbons (Fsp3) is 0.208. The van der Waals surface area contributed by atoms with Gasteiger partial charge in [-0.2, -0.15) is 0 Å². The summed E-state index contributed by atoms with van der Waals surface area (Å²) in [5, 5.41) is 11.1. The van der Waals surface area contributed by atoms with Crippen LogP contribution in [0.2, 0.25) is 0 Å². The van der Waals surface area contributed by atoms with E-state index >= 15 is 0 Å². The van der Waals surface area contributed by atoms with E-state index in [9.17, 15) is 14.7 Å². The van der Waals surface area contributed by atoms with E-state index < -0.39 is 17.7 Å². The Labute approximate surface area is 194 Å². The first-order valence-electron chi connectivity index (χ1n) is 10.1. The summed E-state index contributed by atoms with van der Waals surface area (Å²) in [4.78, 5) is 31.6. The van der Waals surface area contributed by atoms with Gasteiger partial charge in [-0.25, -0.2) is 4.98 Å². The van der Waals surface area contributed by atoms with Crippen molar-refractivity contribution in [3.8, 4) is 5.75 Å². The molecular weight excluding hydrogens is 474 g/mol. The predicted molar refractivity (Wildman–Crippen MR) is 123 cm³/mol. The number of hydrogen-bond acceptors (Lipinski definition) is 5. The molecule has 164 valence electrons. The van der Waals surface area contributed by atoms with E-state index in [1.54, 1.807) is 43.9 Å². The second kappa shape index (κ2) is 9.40. The van der Waals surface area contributed by atoms with Crippen LogP contribution in [0.25, 0.3) is 5.76 Å². The quantitative estimate of drug-likeness (QED) is 0.302. The number of imidazole rings is 1. The SMILES string of the molecule is COc1ccc(C(O)=C2C(=O)C(=O)N(CCCn3ccnc3)[C@@H]2c2ccc(Br)cc2)cc1. The number of likely N-dealkylation sites (tertiary alicyclic amines) is 1. The standard InChI is InChI=1S/C24H22BrN3O4/c1-32-19-9-5-17(6-10-19)22(29)20-21(16-3-7-18(25)8-4-16)28(24(31)23(20)30)13-2-12-27-14-11-26-15-27/h3-11,14-15,21,29H,2,12-13H2,1H3/t21-/m1/s1. The first kappa shape index (κ1) is 21.8. The second-order valence-corrected chi connectivity index (χ2v) is 8.34. The number of halogens is 1. The van der Waals surface area contributed by atoms with Gasteiger partial charge >= 0.3 is 0 Å². The number of carbonyl (C=O) groups is 2. The molecule has 3 aromatic rings. The van der Waals surface area contributed by atoms with Gasteiger partial charge in [0.05, 0.1) is 25.1 Å². The fourth-order valence-corrected chi connectivity index (χ4v) is 4.11. The molecule has 1 aliphatic heterocycles. The van der Waals surface area contributed by atoms with Crippen LogP contribution < -0.4 is 4.74 Å². The number of carbonyl (C=O) groups excluding carboxylic acids is 2. The summed E-state index contributed by atoms with van der Waals surface area (Å²) in [5.74, 6) is -0.866. The summed E-state index contributed by atoms with van der Waals surface area (Å²) in [6.45, 7) is 1.03. The monoisotopic (exact) mass is 495 g/mol. The molecule has 1 atom stereocenters. The van der Waals surface area contributed by atoms with E-state index in [0.29, 0.717) is 30.8 Å². The van der Waals surface area contributed by atoms with Crippen LogP contribution >= 0.6 is 15.9 Å². The van der Waals surface area contributed by atoms with Gasteiger partial charge in [0.25, 0.3) is 11.7 Å². The third kappa shape index (κ3) is 4.31. The summed E-state index contributed by atoms with van der Waals surface area (Å²) in [7, 11) is 1.55. The molecule has 1 fully saturated rings. The lowest BCUT2D eigenvalue weighted by atomic mass is 9.95. The highest BCUT2D eigenvalue weighted by Gasteiger charge is 2.45. The Bertz CT molecular complexity index is 1140. The van der Waals surface area contributed by atoms with Crippen LogP contribution in [-0.2, 0) is 16.1 Å². The molecule has 32 heavy (non-hydrogen) atoms. The van der Waals surface area contributed by atoms with E-state index in [-0.39, 0.29) is 11.3 Å². The number of rotatable bonds is 7. The number of amides is 1. The number of aliphatic hydroxyl groups is 1. The number of methoxy groups -OCH3 is 1. The maximum atomic E-state index is 13.0. The number of aliphatic hydroxyl groups excluding tert-OH is 1. The zero-order valence-corrected chi connectivity index (χ0v) is 19.0. The minimum Gasteiger partial charge on any atom is -0.507 e. The Morgan fingerprint density at radius 1 is 1.09 bits per heavy atom. The first-order chi connectivity index (χ1) is 15.5. The topological polar surface area (TPSA) is 84.7 Å². The van der Waals surface area contributed by atoms with Crippen molar-refractivity contribution in [1.29, 1.82) is 0 Å². The molecular formula is C24H22BrN3O4. The van der Waals surface area contributed by atoms with Gasteiger partial charge in [-0.3, -0.25) is 9.59 Å². The number of aryl methyl sites for hydroxylation is 1. The molecule has 0 unspecified atom stereocenters. The van der Waals surface area contributed by atoms with Gasteiger partial charge in [-0.1, -0.05) is 28.1 Å². The number of ether oxygens (including phenoxy) is 1. The van der Waals surface area contributed by atoms with Gasteiger partial charge in [0.1, 0.15) is 11.5 Å². The third-order valence-electron chi connectivity index (χ3n) is 5.46.